The van der Waals surface area contributed by atoms with Crippen LogP contribution in [0.5, 0.6) is 0 Å². The molecule has 1 rings (SSSR count). The number of aryl methyl sites for hydroxylation is 1. The van der Waals surface area contributed by atoms with Gasteiger partial charge in [-0.3, -0.25) is 4.68 Å². The van der Waals surface area contributed by atoms with E-state index in [1.54, 1.807) is 20.9 Å². The number of aliphatic hydroxyl groups excluding tert-OH is 1. The third kappa shape index (κ3) is 2.60. The van der Waals surface area contributed by atoms with Crippen LogP contribution >= 0.6 is 0 Å². The molecule has 92 valence electrons. The monoisotopic (exact) mass is 247 g/mol. The minimum absolute atomic E-state index is 0.0706. The molecule has 0 aliphatic heterocycles. The van der Waals surface area contributed by atoms with Gasteiger partial charge in [-0.25, -0.2) is 13.1 Å². The van der Waals surface area contributed by atoms with Crippen LogP contribution in [-0.4, -0.2) is 34.9 Å². The summed E-state index contributed by atoms with van der Waals surface area (Å²) in [5.41, 5.74) is -0.927. The highest BCUT2D eigenvalue weighted by atomic mass is 32.2. The van der Waals surface area contributed by atoms with Crippen molar-refractivity contribution in [3.8, 4) is 0 Å². The Kier molecular flexibility index (Phi) is 3.41. The van der Waals surface area contributed by atoms with E-state index >= 15 is 0 Å². The zero-order chi connectivity index (χ0) is 12.6. The zero-order valence-corrected chi connectivity index (χ0v) is 10.6. The quantitative estimate of drug-likeness (QED) is 0.775. The van der Waals surface area contributed by atoms with Crippen LogP contribution in [0.3, 0.4) is 0 Å². The Hall–Kier alpha value is -0.920. The van der Waals surface area contributed by atoms with Gasteiger partial charge in [-0.2, -0.15) is 5.10 Å². The maximum absolute atomic E-state index is 12.0. The Morgan fingerprint density at radius 2 is 2.12 bits per heavy atom. The van der Waals surface area contributed by atoms with E-state index < -0.39 is 21.7 Å². The molecular weight excluding hydrogens is 230 g/mol. The van der Waals surface area contributed by atoms with E-state index in [-0.39, 0.29) is 5.03 Å². The van der Waals surface area contributed by atoms with E-state index in [4.69, 9.17) is 0 Å². The third-order valence-electron chi connectivity index (χ3n) is 2.49. The van der Waals surface area contributed by atoms with Crippen molar-refractivity contribution in [1.29, 1.82) is 0 Å². The molecule has 2 N–H and O–H groups in total. The molecule has 0 fully saturated rings. The van der Waals surface area contributed by atoms with Crippen LogP contribution in [0.15, 0.2) is 17.3 Å². The van der Waals surface area contributed by atoms with E-state index in [0.717, 1.165) is 0 Å². The first kappa shape index (κ1) is 13.1. The van der Waals surface area contributed by atoms with Crippen LogP contribution in [0.4, 0.5) is 0 Å². The smallest absolute Gasteiger partial charge is 0.258 e. The minimum atomic E-state index is -3.66. The molecule has 1 aromatic rings. The lowest BCUT2D eigenvalue weighted by Gasteiger charge is -2.28. The summed E-state index contributed by atoms with van der Waals surface area (Å²) in [5.74, 6) is 0. The van der Waals surface area contributed by atoms with Crippen LogP contribution in [0.2, 0.25) is 0 Å². The average molecular weight is 247 g/mol. The number of aromatic nitrogens is 2. The van der Waals surface area contributed by atoms with Gasteiger partial charge in [0.15, 0.2) is 5.03 Å². The van der Waals surface area contributed by atoms with Crippen molar-refractivity contribution in [1.82, 2.24) is 14.5 Å². The van der Waals surface area contributed by atoms with E-state index in [2.05, 4.69) is 9.82 Å². The van der Waals surface area contributed by atoms with Gasteiger partial charge in [0.1, 0.15) is 0 Å². The van der Waals surface area contributed by atoms with E-state index in [9.17, 15) is 13.5 Å². The van der Waals surface area contributed by atoms with Gasteiger partial charge >= 0.3 is 0 Å². The van der Waals surface area contributed by atoms with E-state index in [0.29, 0.717) is 0 Å². The number of hydrogen-bond acceptors (Lipinski definition) is 4. The molecule has 0 spiro atoms. The summed E-state index contributed by atoms with van der Waals surface area (Å²) in [5, 5.41) is 13.3. The molecule has 1 unspecified atom stereocenters. The van der Waals surface area contributed by atoms with E-state index in [1.165, 1.54) is 23.9 Å². The Balaban J connectivity index is 3.03. The lowest BCUT2D eigenvalue weighted by Crippen LogP contribution is -2.51. The van der Waals surface area contributed by atoms with Gasteiger partial charge in [0.05, 0.1) is 17.8 Å². The van der Waals surface area contributed by atoms with Crippen LogP contribution in [-0.2, 0) is 17.1 Å². The molecule has 6 nitrogen and oxygen atoms in total. The molecular formula is C9H17N3O3S. The highest BCUT2D eigenvalue weighted by Crippen LogP contribution is 2.14. The predicted molar refractivity (Wildman–Crippen MR) is 59.3 cm³/mol. The highest BCUT2D eigenvalue weighted by Gasteiger charge is 2.31. The molecule has 0 aliphatic rings. The summed E-state index contributed by atoms with van der Waals surface area (Å²) >= 11 is 0. The maximum Gasteiger partial charge on any atom is 0.258 e. The number of aliphatic hydroxyl groups is 1. The van der Waals surface area contributed by atoms with Gasteiger partial charge in [-0.15, -0.1) is 0 Å². The molecule has 0 aromatic carbocycles. The van der Waals surface area contributed by atoms with Crippen LogP contribution in [0.1, 0.15) is 20.8 Å². The molecule has 0 bridgehead atoms. The van der Waals surface area contributed by atoms with Gasteiger partial charge in [-0.1, -0.05) is 0 Å². The van der Waals surface area contributed by atoms with Crippen molar-refractivity contribution in [2.45, 2.75) is 37.4 Å². The lowest BCUT2D eigenvalue weighted by molar-refractivity contribution is 0.111. The van der Waals surface area contributed by atoms with E-state index in [1.807, 2.05) is 0 Å². The molecule has 0 saturated heterocycles. The summed E-state index contributed by atoms with van der Waals surface area (Å²) in [6.45, 7) is 4.77. The number of hydrogen-bond donors (Lipinski definition) is 2. The molecule has 7 heteroatoms. The van der Waals surface area contributed by atoms with Crippen molar-refractivity contribution in [2.24, 2.45) is 7.05 Å². The van der Waals surface area contributed by atoms with Crippen molar-refractivity contribution >= 4 is 10.0 Å². The molecule has 1 atom stereocenters. The van der Waals surface area contributed by atoms with Gasteiger partial charge in [0.25, 0.3) is 10.0 Å². The fourth-order valence-electron chi connectivity index (χ4n) is 1.11. The van der Waals surface area contributed by atoms with Crippen LogP contribution in [0, 0.1) is 0 Å². The standard InChI is InChI=1S/C9H17N3O3S/c1-7(13)9(2,3)11-16(14,15)8-5-6-10-12(8)4/h5-7,11,13H,1-4H3. The molecule has 1 aromatic heterocycles. The molecule has 16 heavy (non-hydrogen) atoms. The van der Waals surface area contributed by atoms with Crippen molar-refractivity contribution in [2.75, 3.05) is 0 Å². The Morgan fingerprint density at radius 1 is 1.56 bits per heavy atom. The summed E-state index contributed by atoms with van der Waals surface area (Å²) < 4.78 is 27.6. The first-order valence-corrected chi connectivity index (χ1v) is 6.35. The van der Waals surface area contributed by atoms with Gasteiger partial charge in [-0.05, 0) is 26.8 Å². The molecule has 0 amide bonds. The fraction of sp³-hybridized carbons (Fsp3) is 0.667. The molecule has 0 radical (unpaired) electrons. The highest BCUT2D eigenvalue weighted by molar-refractivity contribution is 7.89. The summed E-state index contributed by atoms with van der Waals surface area (Å²) in [6, 6.07) is 1.40. The number of rotatable bonds is 4. The Labute approximate surface area is 95.3 Å². The minimum Gasteiger partial charge on any atom is -0.391 e. The first-order valence-electron chi connectivity index (χ1n) is 4.87. The largest absolute Gasteiger partial charge is 0.391 e. The average Bonchev–Trinajstić information content (AvgIpc) is 2.49. The zero-order valence-electron chi connectivity index (χ0n) is 9.80. The number of nitrogens with zero attached hydrogens (tertiary/aromatic N) is 2. The summed E-state index contributed by atoms with van der Waals surface area (Å²) in [7, 11) is -2.11. The second kappa shape index (κ2) is 4.15. The van der Waals surface area contributed by atoms with Crippen molar-refractivity contribution < 1.29 is 13.5 Å². The second-order valence-corrected chi connectivity index (χ2v) is 5.93. The molecule has 1 heterocycles. The van der Waals surface area contributed by atoms with Gasteiger partial charge in [0.2, 0.25) is 0 Å². The summed E-state index contributed by atoms with van der Waals surface area (Å²) in [6.07, 6.45) is 0.611. The maximum atomic E-state index is 12.0. The SMILES string of the molecule is CC(O)C(C)(C)NS(=O)(=O)c1ccnn1C. The normalized spacial score (nSPS) is 15.1. The van der Waals surface area contributed by atoms with Gasteiger partial charge in [0, 0.05) is 7.05 Å². The fourth-order valence-corrected chi connectivity index (χ4v) is 2.71. The van der Waals surface area contributed by atoms with Crippen molar-refractivity contribution in [3.63, 3.8) is 0 Å². The molecule has 0 saturated carbocycles. The van der Waals surface area contributed by atoms with Crippen LogP contribution in [0.25, 0.3) is 0 Å². The first-order chi connectivity index (χ1) is 7.17. The Morgan fingerprint density at radius 3 is 2.50 bits per heavy atom. The Bertz CT molecular complexity index is 462. The topological polar surface area (TPSA) is 84.2 Å². The van der Waals surface area contributed by atoms with Gasteiger partial charge < -0.3 is 5.11 Å². The molecule has 0 aliphatic carbocycles. The number of nitrogens with one attached hydrogen (secondary N) is 1. The second-order valence-electron chi connectivity index (χ2n) is 4.30. The predicted octanol–water partition coefficient (Wildman–Crippen LogP) is -0.142. The summed E-state index contributed by atoms with van der Waals surface area (Å²) in [4.78, 5) is 0. The lowest BCUT2D eigenvalue weighted by atomic mass is 10.0. The van der Waals surface area contributed by atoms with Crippen LogP contribution < -0.4 is 4.72 Å². The number of sulfonamides is 1. The third-order valence-corrected chi connectivity index (χ3v) is 4.24. The van der Waals surface area contributed by atoms with Crippen molar-refractivity contribution in [3.05, 3.63) is 12.3 Å².